The molecule has 1 fully saturated rings. The van der Waals surface area contributed by atoms with E-state index in [1.165, 1.54) is 0 Å². The number of para-hydroxylation sites is 1. The van der Waals surface area contributed by atoms with Gasteiger partial charge in [0.2, 0.25) is 0 Å². The van der Waals surface area contributed by atoms with Crippen LogP contribution in [-0.4, -0.2) is 74.3 Å². The Labute approximate surface area is 203 Å². The molecule has 1 aromatic heterocycles. The maximum atomic E-state index is 12.8. The van der Waals surface area contributed by atoms with E-state index in [1.54, 1.807) is 4.68 Å². The van der Waals surface area contributed by atoms with Crippen LogP contribution in [0.1, 0.15) is 25.2 Å². The van der Waals surface area contributed by atoms with Gasteiger partial charge in [-0.2, -0.15) is 4.68 Å². The number of halogens is 1. The first-order chi connectivity index (χ1) is 16.4. The van der Waals surface area contributed by atoms with E-state index >= 15 is 0 Å². The van der Waals surface area contributed by atoms with Crippen molar-refractivity contribution in [2.24, 2.45) is 0 Å². The van der Waals surface area contributed by atoms with Gasteiger partial charge in [0.15, 0.2) is 23.9 Å². The molecule has 2 aliphatic rings. The maximum Gasteiger partial charge on any atom is 0.260 e. The smallest absolute Gasteiger partial charge is 0.260 e. The molecule has 10 heteroatoms. The molecule has 0 spiro atoms. The summed E-state index contributed by atoms with van der Waals surface area (Å²) >= 11 is 5.98. The van der Waals surface area contributed by atoms with Crippen LogP contribution in [0.2, 0.25) is 5.02 Å². The zero-order valence-corrected chi connectivity index (χ0v) is 20.0. The van der Waals surface area contributed by atoms with Gasteiger partial charge < -0.3 is 14.4 Å². The third-order valence-corrected chi connectivity index (χ3v) is 6.35. The van der Waals surface area contributed by atoms with Gasteiger partial charge in [-0.25, -0.2) is 0 Å². The van der Waals surface area contributed by atoms with Gasteiger partial charge in [-0.3, -0.25) is 9.69 Å². The second kappa shape index (κ2) is 9.23. The number of ether oxygens (including phenoxy) is 2. The summed E-state index contributed by atoms with van der Waals surface area (Å²) in [5, 5.41) is 12.8. The van der Waals surface area contributed by atoms with E-state index in [-0.39, 0.29) is 18.1 Å². The Morgan fingerprint density at radius 3 is 2.65 bits per heavy atom. The van der Waals surface area contributed by atoms with Crippen molar-refractivity contribution in [3.05, 3.63) is 58.9 Å². The summed E-state index contributed by atoms with van der Waals surface area (Å²) in [7, 11) is 0. The van der Waals surface area contributed by atoms with E-state index in [9.17, 15) is 4.79 Å². The zero-order chi connectivity index (χ0) is 23.7. The number of benzene rings is 2. The van der Waals surface area contributed by atoms with Crippen LogP contribution < -0.4 is 9.47 Å². The average Bonchev–Trinajstić information content (AvgIpc) is 3.41. The van der Waals surface area contributed by atoms with Crippen molar-refractivity contribution in [3.63, 3.8) is 0 Å². The summed E-state index contributed by atoms with van der Waals surface area (Å²) in [6.45, 7) is 7.41. The van der Waals surface area contributed by atoms with Gasteiger partial charge in [-0.05, 0) is 54.6 Å². The van der Waals surface area contributed by atoms with Gasteiger partial charge >= 0.3 is 0 Å². The molecular weight excluding hydrogens is 456 g/mol. The van der Waals surface area contributed by atoms with Crippen LogP contribution in [0, 0.1) is 0 Å². The van der Waals surface area contributed by atoms with Crippen LogP contribution in [0.15, 0.2) is 42.5 Å². The Morgan fingerprint density at radius 2 is 1.88 bits per heavy atom. The van der Waals surface area contributed by atoms with E-state index in [0.29, 0.717) is 30.4 Å². The SMILES string of the molecule is CC1(C)Cc2cccc(OCC(=O)N3CCN(Cc4nnnn4-c4ccc(Cl)cc4)CC3)c2O1. The highest BCUT2D eigenvalue weighted by atomic mass is 35.5. The molecule has 34 heavy (non-hydrogen) atoms. The summed E-state index contributed by atoms with van der Waals surface area (Å²) < 4.78 is 13.6. The number of hydrogen-bond donors (Lipinski definition) is 0. The van der Waals surface area contributed by atoms with E-state index in [4.69, 9.17) is 21.1 Å². The molecule has 5 rings (SSSR count). The Hall–Kier alpha value is -3.17. The lowest BCUT2D eigenvalue weighted by Crippen LogP contribution is -2.49. The van der Waals surface area contributed by atoms with Crippen molar-refractivity contribution < 1.29 is 14.3 Å². The second-order valence-corrected chi connectivity index (χ2v) is 9.65. The normalized spacial score (nSPS) is 17.3. The highest BCUT2D eigenvalue weighted by Gasteiger charge is 2.32. The molecule has 178 valence electrons. The van der Waals surface area contributed by atoms with E-state index in [2.05, 4.69) is 34.3 Å². The van der Waals surface area contributed by atoms with Crippen LogP contribution in [0.5, 0.6) is 11.5 Å². The Kier molecular flexibility index (Phi) is 6.14. The topological polar surface area (TPSA) is 85.6 Å². The van der Waals surface area contributed by atoms with Crippen molar-refractivity contribution in [3.8, 4) is 17.2 Å². The number of carbonyl (C=O) groups is 1. The van der Waals surface area contributed by atoms with Crippen molar-refractivity contribution in [1.29, 1.82) is 0 Å². The fourth-order valence-corrected chi connectivity index (χ4v) is 4.50. The van der Waals surface area contributed by atoms with Crippen molar-refractivity contribution in [1.82, 2.24) is 30.0 Å². The first-order valence-corrected chi connectivity index (χ1v) is 11.7. The van der Waals surface area contributed by atoms with E-state index < -0.39 is 0 Å². The molecule has 0 unspecified atom stereocenters. The van der Waals surface area contributed by atoms with Crippen LogP contribution in [0.3, 0.4) is 0 Å². The molecule has 1 saturated heterocycles. The quantitative estimate of drug-likeness (QED) is 0.534. The highest BCUT2D eigenvalue weighted by molar-refractivity contribution is 6.30. The largest absolute Gasteiger partial charge is 0.483 e. The van der Waals surface area contributed by atoms with Crippen LogP contribution in [0.25, 0.3) is 5.69 Å². The minimum Gasteiger partial charge on any atom is -0.483 e. The van der Waals surface area contributed by atoms with Crippen molar-refractivity contribution in [2.45, 2.75) is 32.4 Å². The predicted molar refractivity (Wildman–Crippen MR) is 126 cm³/mol. The van der Waals surface area contributed by atoms with Gasteiger partial charge in [-0.15, -0.1) is 5.10 Å². The third kappa shape index (κ3) is 4.85. The molecule has 3 heterocycles. The number of nitrogens with zero attached hydrogens (tertiary/aromatic N) is 6. The first kappa shape index (κ1) is 22.6. The van der Waals surface area contributed by atoms with Gasteiger partial charge in [0.05, 0.1) is 12.2 Å². The molecule has 2 aliphatic heterocycles. The molecular formula is C24H27ClN6O3. The lowest BCUT2D eigenvalue weighted by atomic mass is 10.0. The van der Waals surface area contributed by atoms with E-state index in [1.807, 2.05) is 47.4 Å². The maximum absolute atomic E-state index is 12.8. The van der Waals surface area contributed by atoms with Gasteiger partial charge in [0.25, 0.3) is 5.91 Å². The van der Waals surface area contributed by atoms with Gasteiger partial charge in [0, 0.05) is 43.2 Å². The number of hydrogen-bond acceptors (Lipinski definition) is 7. The summed E-state index contributed by atoms with van der Waals surface area (Å²) in [6, 6.07) is 13.2. The summed E-state index contributed by atoms with van der Waals surface area (Å²) in [5.74, 6) is 2.10. The summed E-state index contributed by atoms with van der Waals surface area (Å²) in [5.41, 5.74) is 1.72. The van der Waals surface area contributed by atoms with Crippen molar-refractivity contribution in [2.75, 3.05) is 32.8 Å². The molecule has 0 bridgehead atoms. The zero-order valence-electron chi connectivity index (χ0n) is 19.3. The number of fused-ring (bicyclic) bond motifs is 1. The molecule has 1 amide bonds. The standard InChI is InChI=1S/C24H27ClN6O3/c1-24(2)14-17-4-3-5-20(23(17)34-24)33-16-22(32)30-12-10-29(11-13-30)15-21-26-27-28-31(21)19-8-6-18(25)7-9-19/h3-9H,10-16H2,1-2H3. The Bertz CT molecular complexity index is 1170. The average molecular weight is 483 g/mol. The van der Waals surface area contributed by atoms with Crippen LogP contribution in [0.4, 0.5) is 0 Å². The fourth-order valence-electron chi connectivity index (χ4n) is 4.37. The van der Waals surface area contributed by atoms with Gasteiger partial charge in [0.1, 0.15) is 5.60 Å². The minimum atomic E-state index is -0.255. The van der Waals surface area contributed by atoms with Crippen LogP contribution in [-0.2, 0) is 17.8 Å². The predicted octanol–water partition coefficient (Wildman–Crippen LogP) is 2.75. The number of carbonyl (C=O) groups excluding carboxylic acids is 1. The molecule has 9 nitrogen and oxygen atoms in total. The van der Waals surface area contributed by atoms with Gasteiger partial charge in [-0.1, -0.05) is 23.7 Å². The molecule has 0 aliphatic carbocycles. The van der Waals surface area contributed by atoms with Crippen LogP contribution >= 0.6 is 11.6 Å². The summed E-state index contributed by atoms with van der Waals surface area (Å²) in [4.78, 5) is 16.9. The Morgan fingerprint density at radius 1 is 1.12 bits per heavy atom. The number of piperazine rings is 1. The van der Waals surface area contributed by atoms with E-state index in [0.717, 1.165) is 42.3 Å². The second-order valence-electron chi connectivity index (χ2n) is 9.21. The number of amides is 1. The highest BCUT2D eigenvalue weighted by Crippen LogP contribution is 2.41. The lowest BCUT2D eigenvalue weighted by Gasteiger charge is -2.34. The van der Waals surface area contributed by atoms with Crippen molar-refractivity contribution >= 4 is 17.5 Å². The molecule has 0 N–H and O–H groups in total. The number of rotatable bonds is 6. The molecule has 0 atom stereocenters. The summed E-state index contributed by atoms with van der Waals surface area (Å²) in [6.07, 6.45) is 0.830. The number of tetrazole rings is 1. The lowest BCUT2D eigenvalue weighted by molar-refractivity contribution is -0.135. The molecule has 2 aromatic carbocycles. The molecule has 0 radical (unpaired) electrons. The third-order valence-electron chi connectivity index (χ3n) is 6.10. The monoisotopic (exact) mass is 482 g/mol. The number of aromatic nitrogens is 4. The Balaban J connectivity index is 1.14. The first-order valence-electron chi connectivity index (χ1n) is 11.3. The molecule has 3 aromatic rings. The fraction of sp³-hybridized carbons (Fsp3) is 0.417. The minimum absolute atomic E-state index is 0.00491. The molecule has 0 saturated carbocycles.